The number of aromatic nitrogens is 2. The minimum absolute atomic E-state index is 0.0286. The van der Waals surface area contributed by atoms with E-state index in [1.807, 2.05) is 56.3 Å². The second kappa shape index (κ2) is 8.82. The van der Waals surface area contributed by atoms with E-state index < -0.39 is 9.84 Å². The zero-order chi connectivity index (χ0) is 22.9. The minimum Gasteiger partial charge on any atom is -0.486 e. The van der Waals surface area contributed by atoms with Crippen molar-refractivity contribution >= 4 is 26.8 Å². The van der Waals surface area contributed by atoms with Gasteiger partial charge in [0, 0.05) is 6.26 Å². The third kappa shape index (κ3) is 4.88. The summed E-state index contributed by atoms with van der Waals surface area (Å²) < 4.78 is 36.8. The van der Waals surface area contributed by atoms with Crippen LogP contribution in [0.5, 0.6) is 11.5 Å². The molecule has 0 bridgehead atoms. The van der Waals surface area contributed by atoms with Crippen molar-refractivity contribution in [2.75, 3.05) is 19.5 Å². The average Bonchev–Trinajstić information content (AvgIpc) is 3.06. The summed E-state index contributed by atoms with van der Waals surface area (Å²) in [6, 6.07) is 12.8. The summed E-state index contributed by atoms with van der Waals surface area (Å²) in [7, 11) is -3.31. The summed E-state index contributed by atoms with van der Waals surface area (Å²) in [5.41, 5.74) is 2.30. The molecule has 1 N–H and O–H groups in total. The Hall–Kier alpha value is -3.07. The molecular formula is C23H27N3O5S. The van der Waals surface area contributed by atoms with Gasteiger partial charge in [0.1, 0.15) is 31.3 Å². The minimum atomic E-state index is -3.31. The van der Waals surface area contributed by atoms with Crippen LogP contribution in [0.3, 0.4) is 0 Å². The van der Waals surface area contributed by atoms with Gasteiger partial charge >= 0.3 is 0 Å². The summed E-state index contributed by atoms with van der Waals surface area (Å²) in [6.45, 7) is 5.05. The number of nitrogens with one attached hydrogen (secondary N) is 1. The second-order valence-corrected chi connectivity index (χ2v) is 10.5. The number of fused-ring (bicyclic) bond motifs is 2. The molecule has 0 radical (unpaired) electrons. The molecule has 2 aromatic carbocycles. The highest BCUT2D eigenvalue weighted by Gasteiger charge is 2.23. The molecule has 1 unspecified atom stereocenters. The molecule has 0 saturated carbocycles. The summed E-state index contributed by atoms with van der Waals surface area (Å²) >= 11 is 0. The Morgan fingerprint density at radius 1 is 1.12 bits per heavy atom. The first kappa shape index (κ1) is 22.1. The quantitative estimate of drug-likeness (QED) is 0.586. The molecule has 4 rings (SSSR count). The highest BCUT2D eigenvalue weighted by molar-refractivity contribution is 7.89. The Bertz CT molecular complexity index is 1250. The molecule has 8 nitrogen and oxygen atoms in total. The monoisotopic (exact) mass is 457 g/mol. The Morgan fingerprint density at radius 3 is 2.56 bits per heavy atom. The third-order valence-corrected chi connectivity index (χ3v) is 6.12. The van der Waals surface area contributed by atoms with Crippen molar-refractivity contribution in [2.45, 2.75) is 32.2 Å². The smallest absolute Gasteiger partial charge is 0.240 e. The lowest BCUT2D eigenvalue weighted by atomic mass is 9.95. The van der Waals surface area contributed by atoms with Gasteiger partial charge in [0.05, 0.1) is 17.1 Å². The van der Waals surface area contributed by atoms with Crippen molar-refractivity contribution in [3.8, 4) is 11.5 Å². The van der Waals surface area contributed by atoms with Gasteiger partial charge in [-0.05, 0) is 35.7 Å². The van der Waals surface area contributed by atoms with Gasteiger partial charge in [-0.15, -0.1) is 0 Å². The molecule has 2 heterocycles. The predicted octanol–water partition coefficient (Wildman–Crippen LogP) is 2.87. The van der Waals surface area contributed by atoms with E-state index in [2.05, 4.69) is 10.3 Å². The van der Waals surface area contributed by atoms with Crippen LogP contribution in [0.25, 0.3) is 11.0 Å². The van der Waals surface area contributed by atoms with Gasteiger partial charge in [-0.2, -0.15) is 0 Å². The number of carbonyl (C=O) groups is 1. The summed E-state index contributed by atoms with van der Waals surface area (Å²) in [5.74, 6) is 1.39. The SMILES string of the molecule is CC(C)C(NC(=O)Cn1c(CS(C)(=O)=O)nc2ccccc21)c1ccc2c(c1)OCCO2. The van der Waals surface area contributed by atoms with Gasteiger partial charge in [0.25, 0.3) is 0 Å². The van der Waals surface area contributed by atoms with Gasteiger partial charge in [0.2, 0.25) is 5.91 Å². The topological polar surface area (TPSA) is 99.5 Å². The molecule has 3 aromatic rings. The van der Waals surface area contributed by atoms with E-state index in [0.29, 0.717) is 36.1 Å². The predicted molar refractivity (Wildman–Crippen MR) is 121 cm³/mol. The van der Waals surface area contributed by atoms with E-state index in [9.17, 15) is 13.2 Å². The first-order valence-corrected chi connectivity index (χ1v) is 12.6. The van der Waals surface area contributed by atoms with Crippen LogP contribution >= 0.6 is 0 Å². The maximum Gasteiger partial charge on any atom is 0.240 e. The fourth-order valence-corrected chi connectivity index (χ4v) is 4.59. The zero-order valence-electron chi connectivity index (χ0n) is 18.4. The van der Waals surface area contributed by atoms with Crippen LogP contribution in [0.4, 0.5) is 0 Å². The van der Waals surface area contributed by atoms with Gasteiger partial charge in [-0.3, -0.25) is 4.79 Å². The molecule has 9 heteroatoms. The summed E-state index contributed by atoms with van der Waals surface area (Å²) in [4.78, 5) is 17.5. The van der Waals surface area contributed by atoms with Crippen LogP contribution in [0.15, 0.2) is 42.5 Å². The first-order chi connectivity index (χ1) is 15.2. The Morgan fingerprint density at radius 2 is 1.84 bits per heavy atom. The van der Waals surface area contributed by atoms with E-state index in [-0.39, 0.29) is 30.2 Å². The zero-order valence-corrected chi connectivity index (χ0v) is 19.2. The maximum atomic E-state index is 13.1. The van der Waals surface area contributed by atoms with Crippen LogP contribution in [0, 0.1) is 5.92 Å². The van der Waals surface area contributed by atoms with Gasteiger partial charge in [-0.25, -0.2) is 13.4 Å². The van der Waals surface area contributed by atoms with Crippen molar-refractivity contribution < 1.29 is 22.7 Å². The van der Waals surface area contributed by atoms with E-state index in [1.165, 1.54) is 0 Å². The molecule has 1 aliphatic heterocycles. The summed E-state index contributed by atoms with van der Waals surface area (Å²) in [6.07, 6.45) is 1.16. The molecule has 1 aliphatic rings. The number of hydrogen-bond donors (Lipinski definition) is 1. The lowest BCUT2D eigenvalue weighted by Crippen LogP contribution is -2.34. The number of sulfone groups is 1. The fraction of sp³-hybridized carbons (Fsp3) is 0.391. The van der Waals surface area contributed by atoms with E-state index in [1.54, 1.807) is 4.57 Å². The molecule has 1 amide bonds. The van der Waals surface area contributed by atoms with Crippen LogP contribution in [-0.4, -0.2) is 43.3 Å². The number of nitrogens with zero attached hydrogens (tertiary/aromatic N) is 2. The average molecular weight is 458 g/mol. The van der Waals surface area contributed by atoms with Crippen molar-refractivity contribution in [3.05, 3.63) is 53.9 Å². The number of imidazole rings is 1. The van der Waals surface area contributed by atoms with Gasteiger partial charge < -0.3 is 19.4 Å². The number of ether oxygens (including phenoxy) is 2. The van der Waals surface area contributed by atoms with Crippen molar-refractivity contribution in [3.63, 3.8) is 0 Å². The maximum absolute atomic E-state index is 13.1. The van der Waals surface area contributed by atoms with E-state index in [0.717, 1.165) is 17.3 Å². The Labute approximate surface area is 187 Å². The highest BCUT2D eigenvalue weighted by atomic mass is 32.2. The highest BCUT2D eigenvalue weighted by Crippen LogP contribution is 2.34. The summed E-state index contributed by atoms with van der Waals surface area (Å²) in [5, 5.41) is 3.10. The van der Waals surface area contributed by atoms with Gasteiger partial charge in [0.15, 0.2) is 21.3 Å². The second-order valence-electron chi connectivity index (χ2n) is 8.37. The number of carbonyl (C=O) groups excluding carboxylic acids is 1. The standard InChI is InChI=1S/C23H27N3O5S/c1-15(2)23(16-8-9-19-20(12-16)31-11-10-30-19)25-22(27)13-26-18-7-5-4-6-17(18)24-21(26)14-32(3,28)29/h4-9,12,15,23H,10-11,13-14H2,1-3H3,(H,25,27). The van der Waals surface area contributed by atoms with Crippen molar-refractivity contribution in [1.29, 1.82) is 0 Å². The van der Waals surface area contributed by atoms with Crippen molar-refractivity contribution in [2.24, 2.45) is 5.92 Å². The molecule has 0 fully saturated rings. The number of para-hydroxylation sites is 2. The molecule has 1 atom stereocenters. The largest absolute Gasteiger partial charge is 0.486 e. The number of hydrogen-bond acceptors (Lipinski definition) is 6. The first-order valence-electron chi connectivity index (χ1n) is 10.5. The van der Waals surface area contributed by atoms with Crippen LogP contribution in [0.2, 0.25) is 0 Å². The molecule has 0 aliphatic carbocycles. The van der Waals surface area contributed by atoms with E-state index >= 15 is 0 Å². The molecule has 1 aromatic heterocycles. The van der Waals surface area contributed by atoms with Crippen LogP contribution < -0.4 is 14.8 Å². The van der Waals surface area contributed by atoms with Crippen molar-refractivity contribution in [1.82, 2.24) is 14.9 Å². The van der Waals surface area contributed by atoms with Gasteiger partial charge in [-0.1, -0.05) is 32.0 Å². The normalized spacial score (nSPS) is 14.5. The number of amides is 1. The lowest BCUT2D eigenvalue weighted by molar-refractivity contribution is -0.122. The van der Waals surface area contributed by atoms with Crippen LogP contribution in [-0.2, 0) is 26.9 Å². The molecule has 0 spiro atoms. The Balaban J connectivity index is 1.59. The number of rotatable bonds is 7. The third-order valence-electron chi connectivity index (χ3n) is 5.34. The van der Waals surface area contributed by atoms with E-state index in [4.69, 9.17) is 9.47 Å². The Kier molecular flexibility index (Phi) is 6.10. The molecule has 170 valence electrons. The molecule has 32 heavy (non-hydrogen) atoms. The number of benzene rings is 2. The molecular weight excluding hydrogens is 430 g/mol. The fourth-order valence-electron chi connectivity index (χ4n) is 3.90. The van der Waals surface area contributed by atoms with Crippen LogP contribution in [0.1, 0.15) is 31.3 Å². The lowest BCUT2D eigenvalue weighted by Gasteiger charge is -2.25. The molecule has 0 saturated heterocycles.